The topological polar surface area (TPSA) is 263 Å². The van der Waals surface area contributed by atoms with Crippen LogP contribution in [0.2, 0.25) is 0 Å². The molecule has 3 fully saturated rings. The lowest BCUT2D eigenvalue weighted by molar-refractivity contribution is 0.0992. The van der Waals surface area contributed by atoms with Crippen LogP contribution in [0, 0.1) is 0 Å². The summed E-state index contributed by atoms with van der Waals surface area (Å²) in [5.41, 5.74) is 28.9. The number of aliphatic hydroxyl groups is 3. The molecule has 498 valence electrons. The number of hydrogen-bond acceptors (Lipinski definition) is 14. The number of primary amides is 3. The molecular formula is C79H86N6O10S. The Morgan fingerprint density at radius 3 is 1.18 bits per heavy atom. The second kappa shape index (κ2) is 33.6. The van der Waals surface area contributed by atoms with Gasteiger partial charge in [-0.1, -0.05) is 133 Å². The molecular weight excluding hydrogens is 1220 g/mol. The van der Waals surface area contributed by atoms with Gasteiger partial charge in [-0.25, -0.2) is 0 Å². The van der Waals surface area contributed by atoms with E-state index < -0.39 is 17.7 Å². The molecule has 0 heterocycles. The van der Waals surface area contributed by atoms with Crippen LogP contribution in [0.3, 0.4) is 0 Å². The van der Waals surface area contributed by atoms with Crippen molar-refractivity contribution in [2.75, 3.05) is 37.3 Å². The van der Waals surface area contributed by atoms with Crippen molar-refractivity contribution in [3.05, 3.63) is 228 Å². The van der Waals surface area contributed by atoms with Gasteiger partial charge in [0.1, 0.15) is 17.2 Å². The number of nitrogens with one attached hydrogen (secondary N) is 3. The molecule has 0 unspecified atom stereocenters. The molecule has 3 aliphatic carbocycles. The van der Waals surface area contributed by atoms with Crippen LogP contribution in [0.5, 0.6) is 28.7 Å². The van der Waals surface area contributed by atoms with Crippen LogP contribution in [0.25, 0.3) is 33.4 Å². The Bertz CT molecular complexity index is 3690. The molecule has 0 atom stereocenters. The fourth-order valence-electron chi connectivity index (χ4n) is 12.7. The van der Waals surface area contributed by atoms with E-state index in [1.54, 1.807) is 51.3 Å². The normalized spacial score (nSPS) is 18.1. The largest absolute Gasteiger partial charge is 0.496 e. The summed E-state index contributed by atoms with van der Waals surface area (Å²) in [5.74, 6) is 2.27. The zero-order chi connectivity index (χ0) is 67.5. The third-order valence-corrected chi connectivity index (χ3v) is 19.0. The van der Waals surface area contributed by atoms with Gasteiger partial charge in [-0.05, 0) is 195 Å². The van der Waals surface area contributed by atoms with Gasteiger partial charge in [-0.2, -0.15) is 0 Å². The Hall–Kier alpha value is -9.78. The van der Waals surface area contributed by atoms with E-state index in [4.69, 9.17) is 36.1 Å². The summed E-state index contributed by atoms with van der Waals surface area (Å²) in [4.78, 5) is 38.3. The van der Waals surface area contributed by atoms with Gasteiger partial charge < -0.3 is 67.4 Å². The summed E-state index contributed by atoms with van der Waals surface area (Å²) in [6.07, 6.45) is 9.77. The predicted molar refractivity (Wildman–Crippen MR) is 383 cm³/mol. The van der Waals surface area contributed by atoms with Crippen LogP contribution < -0.4 is 52.1 Å². The first-order valence-electron chi connectivity index (χ1n) is 32.8. The van der Waals surface area contributed by atoms with Gasteiger partial charge >= 0.3 is 0 Å². The molecule has 12 rings (SSSR count). The average molecular weight is 1310 g/mol. The molecule has 16 nitrogen and oxygen atoms in total. The highest BCUT2D eigenvalue weighted by Crippen LogP contribution is 2.43. The summed E-state index contributed by atoms with van der Waals surface area (Å²) in [5, 5.41) is 39.9. The number of methoxy groups -OCH3 is 3. The average Bonchev–Trinajstić information content (AvgIpc) is 0.826. The first-order valence-corrected chi connectivity index (χ1v) is 33.6. The Morgan fingerprint density at radius 2 is 0.719 bits per heavy atom. The van der Waals surface area contributed by atoms with Gasteiger partial charge in [-0.3, -0.25) is 14.4 Å². The number of carbonyl (C=O) groups is 3. The van der Waals surface area contributed by atoms with Crippen LogP contribution in [0.4, 0.5) is 17.1 Å². The van der Waals surface area contributed by atoms with Gasteiger partial charge in [0.15, 0.2) is 11.5 Å². The predicted octanol–water partition coefficient (Wildman–Crippen LogP) is 15.1. The highest BCUT2D eigenvalue weighted by atomic mass is 32.2. The molecule has 9 aromatic rings. The van der Waals surface area contributed by atoms with Gasteiger partial charge in [-0.15, -0.1) is 0 Å². The Labute approximate surface area is 566 Å². The molecule has 3 aliphatic rings. The molecule has 0 aliphatic heterocycles. The Balaban J connectivity index is 0.000000157. The maximum atomic E-state index is 12.1. The van der Waals surface area contributed by atoms with E-state index in [0.717, 1.165) is 155 Å². The molecule has 0 bridgehead atoms. The van der Waals surface area contributed by atoms with Gasteiger partial charge in [0, 0.05) is 52.1 Å². The van der Waals surface area contributed by atoms with E-state index in [2.05, 4.69) is 46.3 Å². The first kappa shape index (κ1) is 69.1. The van der Waals surface area contributed by atoms with E-state index in [9.17, 15) is 29.7 Å². The zero-order valence-corrected chi connectivity index (χ0v) is 55.4. The van der Waals surface area contributed by atoms with Crippen LogP contribution in [-0.2, 0) is 6.42 Å². The Kier molecular flexibility index (Phi) is 24.1. The van der Waals surface area contributed by atoms with Crippen molar-refractivity contribution in [1.29, 1.82) is 0 Å². The molecule has 96 heavy (non-hydrogen) atoms. The van der Waals surface area contributed by atoms with E-state index in [-0.39, 0.29) is 36.4 Å². The number of benzene rings is 9. The fourth-order valence-corrected chi connectivity index (χ4v) is 13.8. The second-order valence-corrected chi connectivity index (χ2v) is 25.6. The van der Waals surface area contributed by atoms with E-state index >= 15 is 0 Å². The van der Waals surface area contributed by atoms with Crippen LogP contribution in [0.1, 0.15) is 119 Å². The van der Waals surface area contributed by atoms with Crippen molar-refractivity contribution >= 4 is 46.5 Å². The first-order chi connectivity index (χ1) is 46.6. The number of hydrogen-bond donors (Lipinski definition) is 9. The van der Waals surface area contributed by atoms with Crippen molar-refractivity contribution in [3.8, 4) is 62.1 Å². The molecule has 0 aromatic heterocycles. The van der Waals surface area contributed by atoms with Gasteiger partial charge in [0.2, 0.25) is 0 Å². The monoisotopic (exact) mass is 1310 g/mol. The second-order valence-electron chi connectivity index (χ2n) is 24.5. The standard InChI is InChI=1S/C27H30N2O3.C26H28N2O4.C26H28N2O3S/c1-32-26-9-5-3-7-20(26)16-18-6-2-4-8-23(18)19-10-15-24(27(28)31)25(17-19)29-21-11-13-22(30)14-12-21;1-31-24-8-4-5-9-25(24)32-23-7-3-2-6-20(23)17-10-15-21(26(27)30)22(16-17)28-18-11-13-19(29)14-12-18;1-31-23-7-3-5-9-25(23)32-24-8-4-2-6-20(24)17-10-15-21(26(27)30)22(16-17)28-18-11-13-19(29)14-12-18/h2-10,15,17,21-22,29-30H,11-14,16H2,1H3,(H2,28,31);2*2-10,15-16,18-19,28-29H,11-14H2,1H3,(H2,27,30). The third-order valence-electron chi connectivity index (χ3n) is 17.9. The van der Waals surface area contributed by atoms with Crippen molar-refractivity contribution in [2.45, 2.75) is 130 Å². The van der Waals surface area contributed by atoms with E-state index in [1.807, 2.05) is 152 Å². The van der Waals surface area contributed by atoms with Crippen molar-refractivity contribution < 1.29 is 48.7 Å². The summed E-state index contributed by atoms with van der Waals surface area (Å²) >= 11 is 1.65. The van der Waals surface area contributed by atoms with Crippen LogP contribution >= 0.6 is 11.8 Å². The van der Waals surface area contributed by atoms with E-state index in [0.29, 0.717) is 39.6 Å². The lowest BCUT2D eigenvalue weighted by atomic mass is 9.91. The highest BCUT2D eigenvalue weighted by molar-refractivity contribution is 7.99. The van der Waals surface area contributed by atoms with Gasteiger partial charge in [0.25, 0.3) is 17.7 Å². The minimum Gasteiger partial charge on any atom is -0.496 e. The Morgan fingerprint density at radius 1 is 0.375 bits per heavy atom. The maximum absolute atomic E-state index is 12.1. The lowest BCUT2D eigenvalue weighted by Crippen LogP contribution is -2.29. The minimum absolute atomic E-state index is 0.187. The minimum atomic E-state index is -0.478. The molecule has 0 saturated heterocycles. The van der Waals surface area contributed by atoms with Crippen molar-refractivity contribution in [1.82, 2.24) is 0 Å². The maximum Gasteiger partial charge on any atom is 0.250 e. The molecule has 17 heteroatoms. The smallest absolute Gasteiger partial charge is 0.250 e. The number of amides is 3. The molecule has 3 saturated carbocycles. The SMILES string of the molecule is COc1ccccc1Cc1ccccc1-c1ccc(C(N)=O)c(NC2CCC(O)CC2)c1.COc1ccccc1Oc1ccccc1-c1ccc(C(N)=O)c(NC2CCC(O)CC2)c1.COc1ccccc1Sc1ccccc1-c1ccc(C(N)=O)c(NC2CCC(O)CC2)c1. The third kappa shape index (κ3) is 18.2. The van der Waals surface area contributed by atoms with E-state index in [1.165, 1.54) is 5.56 Å². The summed E-state index contributed by atoms with van der Waals surface area (Å²) in [6.45, 7) is 0. The van der Waals surface area contributed by atoms with Crippen LogP contribution in [-0.4, -0.2) is 90.8 Å². The molecule has 0 spiro atoms. The number of anilines is 3. The molecule has 9 aromatic carbocycles. The number of para-hydroxylation sites is 5. The van der Waals surface area contributed by atoms with Crippen LogP contribution in [0.15, 0.2) is 210 Å². The van der Waals surface area contributed by atoms with Crippen molar-refractivity contribution in [3.63, 3.8) is 0 Å². The number of ether oxygens (including phenoxy) is 4. The summed E-state index contributed by atoms with van der Waals surface area (Å²) < 4.78 is 22.7. The van der Waals surface area contributed by atoms with Crippen molar-refractivity contribution in [2.24, 2.45) is 17.2 Å². The quantitative estimate of drug-likeness (QED) is 0.0324. The number of nitrogens with two attached hydrogens (primary N) is 3. The number of aliphatic hydroxyl groups excluding tert-OH is 3. The number of carbonyl (C=O) groups excluding carboxylic acids is 3. The fraction of sp³-hybridized carbons (Fsp3) is 0.278. The molecule has 3 amide bonds. The summed E-state index contributed by atoms with van der Waals surface area (Å²) in [6, 6.07) is 65.4. The summed E-state index contributed by atoms with van der Waals surface area (Å²) in [7, 11) is 4.98. The molecule has 12 N–H and O–H groups in total. The molecule has 0 radical (unpaired) electrons. The number of rotatable bonds is 21. The lowest BCUT2D eigenvalue weighted by Gasteiger charge is -2.28. The zero-order valence-electron chi connectivity index (χ0n) is 54.5. The van der Waals surface area contributed by atoms with Gasteiger partial charge in [0.05, 0.1) is 61.2 Å². The highest BCUT2D eigenvalue weighted by Gasteiger charge is 2.26.